The molecule has 0 aliphatic rings. The normalized spacial score (nSPS) is 12.3. The third-order valence-electron chi connectivity index (χ3n) is 2.95. The first kappa shape index (κ1) is 15.5. The van der Waals surface area contributed by atoms with Crippen LogP contribution in [0.25, 0.3) is 0 Å². The van der Waals surface area contributed by atoms with Crippen LogP contribution in [0.15, 0.2) is 24.3 Å². The molecule has 0 aliphatic carbocycles. The molecule has 0 heterocycles. The molecule has 106 valence electrons. The van der Waals surface area contributed by atoms with Crippen molar-refractivity contribution in [2.24, 2.45) is 0 Å². The zero-order valence-corrected chi connectivity index (χ0v) is 12.4. The third-order valence-corrected chi connectivity index (χ3v) is 2.95. The standard InChI is InChI=1S/C15H24N2O2/c1-11(2)16-14(15(18)19-5)10-17(4)13-8-6-12(3)7-9-13/h6-9,11,14,16H,10H2,1-5H3. The summed E-state index contributed by atoms with van der Waals surface area (Å²) in [4.78, 5) is 13.8. The van der Waals surface area contributed by atoms with Crippen molar-refractivity contribution >= 4 is 11.7 Å². The molecule has 0 amide bonds. The summed E-state index contributed by atoms with van der Waals surface area (Å²) < 4.78 is 4.84. The van der Waals surface area contributed by atoms with E-state index in [4.69, 9.17) is 4.74 Å². The highest BCUT2D eigenvalue weighted by Crippen LogP contribution is 2.13. The van der Waals surface area contributed by atoms with Crippen LogP contribution in [0.1, 0.15) is 19.4 Å². The number of carbonyl (C=O) groups is 1. The van der Waals surface area contributed by atoms with E-state index in [1.165, 1.54) is 12.7 Å². The quantitative estimate of drug-likeness (QED) is 0.798. The maximum absolute atomic E-state index is 11.8. The van der Waals surface area contributed by atoms with Gasteiger partial charge in [-0.2, -0.15) is 0 Å². The van der Waals surface area contributed by atoms with E-state index in [9.17, 15) is 4.79 Å². The van der Waals surface area contributed by atoms with Gasteiger partial charge in [0, 0.05) is 25.3 Å². The van der Waals surface area contributed by atoms with Crippen LogP contribution in [0, 0.1) is 6.92 Å². The lowest BCUT2D eigenvalue weighted by Gasteiger charge is -2.26. The van der Waals surface area contributed by atoms with Crippen LogP contribution in [-0.2, 0) is 9.53 Å². The van der Waals surface area contributed by atoms with E-state index in [2.05, 4.69) is 41.4 Å². The maximum Gasteiger partial charge on any atom is 0.324 e. The van der Waals surface area contributed by atoms with Gasteiger partial charge in [0.1, 0.15) is 6.04 Å². The Morgan fingerprint density at radius 3 is 2.37 bits per heavy atom. The topological polar surface area (TPSA) is 41.6 Å². The number of aryl methyl sites for hydroxylation is 1. The lowest BCUT2D eigenvalue weighted by atomic mass is 10.2. The molecular weight excluding hydrogens is 240 g/mol. The Morgan fingerprint density at radius 2 is 1.89 bits per heavy atom. The van der Waals surface area contributed by atoms with E-state index >= 15 is 0 Å². The van der Waals surface area contributed by atoms with Gasteiger partial charge in [-0.1, -0.05) is 31.5 Å². The van der Waals surface area contributed by atoms with Gasteiger partial charge in [0.05, 0.1) is 7.11 Å². The second-order valence-electron chi connectivity index (χ2n) is 5.11. The van der Waals surface area contributed by atoms with Crippen LogP contribution in [-0.4, -0.2) is 38.8 Å². The summed E-state index contributed by atoms with van der Waals surface area (Å²) in [6.45, 7) is 6.67. The predicted octanol–water partition coefficient (Wildman–Crippen LogP) is 1.97. The molecule has 0 saturated heterocycles. The molecule has 1 rings (SSSR count). The number of methoxy groups -OCH3 is 1. The molecule has 4 nitrogen and oxygen atoms in total. The molecule has 0 spiro atoms. The van der Waals surface area contributed by atoms with E-state index in [0.717, 1.165) is 5.69 Å². The van der Waals surface area contributed by atoms with Crippen molar-refractivity contribution in [1.82, 2.24) is 5.32 Å². The van der Waals surface area contributed by atoms with Crippen molar-refractivity contribution in [3.05, 3.63) is 29.8 Å². The van der Waals surface area contributed by atoms with Gasteiger partial charge in [-0.05, 0) is 19.1 Å². The van der Waals surface area contributed by atoms with Gasteiger partial charge in [-0.15, -0.1) is 0 Å². The first-order chi connectivity index (χ1) is 8.93. The van der Waals surface area contributed by atoms with Crippen LogP contribution >= 0.6 is 0 Å². The highest BCUT2D eigenvalue weighted by atomic mass is 16.5. The Bertz CT molecular complexity index is 401. The fourth-order valence-electron chi connectivity index (χ4n) is 1.92. The molecule has 19 heavy (non-hydrogen) atoms. The number of hydrogen-bond acceptors (Lipinski definition) is 4. The summed E-state index contributed by atoms with van der Waals surface area (Å²) in [5.41, 5.74) is 2.31. The van der Waals surface area contributed by atoms with Gasteiger partial charge in [-0.3, -0.25) is 4.79 Å². The van der Waals surface area contributed by atoms with Gasteiger partial charge in [-0.25, -0.2) is 0 Å². The SMILES string of the molecule is COC(=O)C(CN(C)c1ccc(C)cc1)NC(C)C. The lowest BCUT2D eigenvalue weighted by molar-refractivity contribution is -0.143. The number of esters is 1. The summed E-state index contributed by atoms with van der Waals surface area (Å²) >= 11 is 0. The van der Waals surface area contributed by atoms with Crippen LogP contribution in [0.3, 0.4) is 0 Å². The Hall–Kier alpha value is -1.55. The molecule has 1 N–H and O–H groups in total. The van der Waals surface area contributed by atoms with E-state index in [-0.39, 0.29) is 18.1 Å². The van der Waals surface area contributed by atoms with Crippen LogP contribution in [0.4, 0.5) is 5.69 Å². The van der Waals surface area contributed by atoms with Gasteiger partial charge >= 0.3 is 5.97 Å². The van der Waals surface area contributed by atoms with Gasteiger partial charge in [0.2, 0.25) is 0 Å². The molecule has 0 fully saturated rings. The number of rotatable bonds is 6. The van der Waals surface area contributed by atoms with Crippen LogP contribution in [0.5, 0.6) is 0 Å². The van der Waals surface area contributed by atoms with Crippen LogP contribution in [0.2, 0.25) is 0 Å². The molecule has 1 unspecified atom stereocenters. The average molecular weight is 264 g/mol. The molecule has 4 heteroatoms. The molecule has 1 aromatic rings. The minimum Gasteiger partial charge on any atom is -0.468 e. The Labute approximate surface area is 115 Å². The van der Waals surface area contributed by atoms with Crippen molar-refractivity contribution in [2.45, 2.75) is 32.9 Å². The fourth-order valence-corrected chi connectivity index (χ4v) is 1.92. The van der Waals surface area contributed by atoms with Crippen LogP contribution < -0.4 is 10.2 Å². The summed E-state index contributed by atoms with van der Waals surface area (Å²) in [7, 11) is 3.39. The van der Waals surface area contributed by atoms with Crippen molar-refractivity contribution in [3.8, 4) is 0 Å². The summed E-state index contributed by atoms with van der Waals surface area (Å²) in [6.07, 6.45) is 0. The molecule has 1 atom stereocenters. The van der Waals surface area contributed by atoms with Crippen molar-refractivity contribution in [3.63, 3.8) is 0 Å². The zero-order chi connectivity index (χ0) is 14.4. The number of likely N-dealkylation sites (N-methyl/N-ethyl adjacent to an activating group) is 1. The predicted molar refractivity (Wildman–Crippen MR) is 78.5 cm³/mol. The van der Waals surface area contributed by atoms with Crippen molar-refractivity contribution in [2.75, 3.05) is 25.6 Å². The summed E-state index contributed by atoms with van der Waals surface area (Å²) in [5, 5.41) is 3.23. The van der Waals surface area contributed by atoms with E-state index in [0.29, 0.717) is 6.54 Å². The number of anilines is 1. The molecular formula is C15H24N2O2. The van der Waals surface area contributed by atoms with E-state index in [1.807, 2.05) is 20.9 Å². The molecule has 0 radical (unpaired) electrons. The monoisotopic (exact) mass is 264 g/mol. The maximum atomic E-state index is 11.8. The first-order valence-electron chi connectivity index (χ1n) is 6.55. The minimum absolute atomic E-state index is 0.229. The number of nitrogens with one attached hydrogen (secondary N) is 1. The second kappa shape index (κ2) is 7.14. The molecule has 0 aromatic heterocycles. The highest BCUT2D eigenvalue weighted by molar-refractivity contribution is 5.76. The fraction of sp³-hybridized carbons (Fsp3) is 0.533. The average Bonchev–Trinajstić information content (AvgIpc) is 2.37. The molecule has 0 aliphatic heterocycles. The number of nitrogens with zero attached hydrogens (tertiary/aromatic N) is 1. The lowest BCUT2D eigenvalue weighted by Crippen LogP contribution is -2.48. The summed E-state index contributed by atoms with van der Waals surface area (Å²) in [6, 6.07) is 8.15. The molecule has 0 bridgehead atoms. The third kappa shape index (κ3) is 4.91. The highest BCUT2D eigenvalue weighted by Gasteiger charge is 2.21. The van der Waals surface area contributed by atoms with E-state index in [1.54, 1.807) is 0 Å². The summed E-state index contributed by atoms with van der Waals surface area (Å²) in [5.74, 6) is -0.229. The minimum atomic E-state index is -0.323. The smallest absolute Gasteiger partial charge is 0.324 e. The Balaban J connectivity index is 2.72. The van der Waals surface area contributed by atoms with Crippen molar-refractivity contribution in [1.29, 1.82) is 0 Å². The Morgan fingerprint density at radius 1 is 1.32 bits per heavy atom. The molecule has 0 saturated carbocycles. The largest absolute Gasteiger partial charge is 0.468 e. The van der Waals surface area contributed by atoms with Crippen molar-refractivity contribution < 1.29 is 9.53 Å². The number of benzene rings is 1. The van der Waals surface area contributed by atoms with E-state index < -0.39 is 0 Å². The number of hydrogen-bond donors (Lipinski definition) is 1. The molecule has 1 aromatic carbocycles. The number of carbonyl (C=O) groups excluding carboxylic acids is 1. The number of ether oxygens (including phenoxy) is 1. The van der Waals surface area contributed by atoms with Gasteiger partial charge in [0.25, 0.3) is 0 Å². The first-order valence-corrected chi connectivity index (χ1v) is 6.55. The zero-order valence-electron chi connectivity index (χ0n) is 12.4. The van der Waals surface area contributed by atoms with Gasteiger partial charge < -0.3 is 15.0 Å². The van der Waals surface area contributed by atoms with Gasteiger partial charge in [0.15, 0.2) is 0 Å². The second-order valence-corrected chi connectivity index (χ2v) is 5.11. The Kier molecular flexibility index (Phi) is 5.83.